The predicted octanol–water partition coefficient (Wildman–Crippen LogP) is 0.200. The quantitative estimate of drug-likeness (QED) is 0.648. The predicted molar refractivity (Wildman–Crippen MR) is 46.0 cm³/mol. The number of hydrogen-bond donors (Lipinski definition) is 1. The van der Waals surface area contributed by atoms with Gasteiger partial charge in [-0.3, -0.25) is 4.68 Å². The van der Waals surface area contributed by atoms with Gasteiger partial charge in [0.05, 0.1) is 0 Å². The van der Waals surface area contributed by atoms with Gasteiger partial charge in [-0.2, -0.15) is 5.10 Å². The van der Waals surface area contributed by atoms with Gasteiger partial charge in [-0.15, -0.1) is 0 Å². The van der Waals surface area contributed by atoms with Gasteiger partial charge in [0.25, 0.3) is 0 Å². The normalized spacial score (nSPS) is 23.3. The summed E-state index contributed by atoms with van der Waals surface area (Å²) in [5.74, 6) is 2.56. The van der Waals surface area contributed by atoms with E-state index in [4.69, 9.17) is 0 Å². The summed E-state index contributed by atoms with van der Waals surface area (Å²) in [5.41, 5.74) is 0. The van der Waals surface area contributed by atoms with Crippen LogP contribution in [0, 0.1) is 6.92 Å². The van der Waals surface area contributed by atoms with Gasteiger partial charge in [-0.1, -0.05) is 0 Å². The molecule has 1 aliphatic rings. The minimum atomic E-state index is 0.566. The topological polar surface area (TPSA) is 42.7 Å². The largest absolute Gasteiger partial charge is 0.316 e. The van der Waals surface area contributed by atoms with E-state index in [9.17, 15) is 0 Å². The second-order valence-electron chi connectivity index (χ2n) is 3.33. The highest BCUT2D eigenvalue weighted by molar-refractivity contribution is 5.02. The molecule has 4 heteroatoms. The molecule has 1 unspecified atom stereocenters. The van der Waals surface area contributed by atoms with Gasteiger partial charge in [-0.05, 0) is 19.9 Å². The molecular weight excluding hydrogens is 152 g/mol. The third-order valence-electron chi connectivity index (χ3n) is 2.33. The van der Waals surface area contributed by atoms with Gasteiger partial charge in [0.1, 0.15) is 11.6 Å². The first-order chi connectivity index (χ1) is 5.77. The minimum absolute atomic E-state index is 0.566. The van der Waals surface area contributed by atoms with Crippen LogP contribution in [0.2, 0.25) is 0 Å². The van der Waals surface area contributed by atoms with E-state index in [0.29, 0.717) is 5.92 Å². The number of rotatable bonds is 1. The number of hydrogen-bond acceptors (Lipinski definition) is 3. The van der Waals surface area contributed by atoms with Gasteiger partial charge in [0.2, 0.25) is 0 Å². The lowest BCUT2D eigenvalue weighted by Gasteiger charge is -2.05. The second-order valence-corrected chi connectivity index (χ2v) is 3.33. The molecule has 12 heavy (non-hydrogen) atoms. The highest BCUT2D eigenvalue weighted by atomic mass is 15.3. The fourth-order valence-corrected chi connectivity index (χ4v) is 1.76. The molecule has 0 saturated carbocycles. The number of aromatic nitrogens is 3. The van der Waals surface area contributed by atoms with Gasteiger partial charge >= 0.3 is 0 Å². The van der Waals surface area contributed by atoms with Gasteiger partial charge < -0.3 is 5.32 Å². The molecular formula is C8H14N4. The average molecular weight is 166 g/mol. The molecule has 1 fully saturated rings. The second kappa shape index (κ2) is 2.86. The Hall–Kier alpha value is -0.900. The molecule has 2 heterocycles. The van der Waals surface area contributed by atoms with Crippen molar-refractivity contribution in [2.75, 3.05) is 13.1 Å². The Morgan fingerprint density at radius 3 is 2.92 bits per heavy atom. The van der Waals surface area contributed by atoms with Crippen molar-refractivity contribution < 1.29 is 0 Å². The summed E-state index contributed by atoms with van der Waals surface area (Å²) in [5, 5.41) is 7.56. The zero-order valence-electron chi connectivity index (χ0n) is 7.54. The Bertz CT molecular complexity index is 273. The first kappa shape index (κ1) is 7.73. The molecule has 0 aromatic carbocycles. The van der Waals surface area contributed by atoms with Crippen molar-refractivity contribution >= 4 is 0 Å². The van der Waals surface area contributed by atoms with Crippen molar-refractivity contribution in [3.63, 3.8) is 0 Å². The van der Waals surface area contributed by atoms with Gasteiger partial charge in [-0.25, -0.2) is 4.98 Å². The molecule has 1 saturated heterocycles. The lowest BCUT2D eigenvalue weighted by atomic mass is 10.1. The fourth-order valence-electron chi connectivity index (χ4n) is 1.76. The third-order valence-corrected chi connectivity index (χ3v) is 2.33. The minimum Gasteiger partial charge on any atom is -0.316 e. The Morgan fingerprint density at radius 2 is 2.42 bits per heavy atom. The van der Waals surface area contributed by atoms with Crippen molar-refractivity contribution in [1.29, 1.82) is 0 Å². The lowest BCUT2D eigenvalue weighted by Crippen LogP contribution is -2.11. The Morgan fingerprint density at radius 1 is 1.58 bits per heavy atom. The molecule has 1 N–H and O–H groups in total. The Balaban J connectivity index is 2.25. The van der Waals surface area contributed by atoms with Gasteiger partial charge in [0, 0.05) is 19.5 Å². The Labute approximate surface area is 72.0 Å². The number of aryl methyl sites for hydroxylation is 2. The maximum absolute atomic E-state index is 4.40. The maximum Gasteiger partial charge on any atom is 0.147 e. The monoisotopic (exact) mass is 166 g/mol. The lowest BCUT2D eigenvalue weighted by molar-refractivity contribution is 0.621. The first-order valence-corrected chi connectivity index (χ1v) is 4.35. The molecule has 1 atom stereocenters. The highest BCUT2D eigenvalue weighted by Crippen LogP contribution is 2.19. The summed E-state index contributed by atoms with van der Waals surface area (Å²) in [6.07, 6.45) is 1.19. The standard InChI is InChI=1S/C8H14N4/c1-6-10-8(12(2)11-6)7-3-4-9-5-7/h7,9H,3-5H2,1-2H3. The molecule has 0 aliphatic carbocycles. The summed E-state index contributed by atoms with van der Waals surface area (Å²) < 4.78 is 1.90. The molecule has 0 amide bonds. The van der Waals surface area contributed by atoms with Crippen LogP contribution in [0.4, 0.5) is 0 Å². The van der Waals surface area contributed by atoms with Crippen molar-refractivity contribution in [2.24, 2.45) is 7.05 Å². The Kier molecular flexibility index (Phi) is 1.84. The van der Waals surface area contributed by atoms with E-state index in [0.717, 1.165) is 24.7 Å². The van der Waals surface area contributed by atoms with E-state index in [1.54, 1.807) is 0 Å². The number of nitrogens with one attached hydrogen (secondary N) is 1. The van der Waals surface area contributed by atoms with Gasteiger partial charge in [0.15, 0.2) is 0 Å². The van der Waals surface area contributed by atoms with Crippen LogP contribution in [0.5, 0.6) is 0 Å². The molecule has 4 nitrogen and oxygen atoms in total. The van der Waals surface area contributed by atoms with Crippen LogP contribution in [0.3, 0.4) is 0 Å². The van der Waals surface area contributed by atoms with E-state index in [1.165, 1.54) is 6.42 Å². The molecule has 1 aliphatic heterocycles. The molecule has 1 aromatic heterocycles. The third kappa shape index (κ3) is 1.22. The van der Waals surface area contributed by atoms with Crippen LogP contribution >= 0.6 is 0 Å². The summed E-state index contributed by atoms with van der Waals surface area (Å²) in [7, 11) is 1.97. The van der Waals surface area contributed by atoms with E-state index < -0.39 is 0 Å². The smallest absolute Gasteiger partial charge is 0.147 e. The van der Waals surface area contributed by atoms with Crippen LogP contribution < -0.4 is 5.32 Å². The van der Waals surface area contributed by atoms with Crippen molar-refractivity contribution in [1.82, 2.24) is 20.1 Å². The fraction of sp³-hybridized carbons (Fsp3) is 0.750. The molecule has 0 radical (unpaired) electrons. The summed E-state index contributed by atoms with van der Waals surface area (Å²) in [6, 6.07) is 0. The van der Waals surface area contributed by atoms with Crippen LogP contribution in [-0.2, 0) is 7.05 Å². The van der Waals surface area contributed by atoms with Crippen LogP contribution in [0.1, 0.15) is 24.0 Å². The summed E-state index contributed by atoms with van der Waals surface area (Å²) >= 11 is 0. The maximum atomic E-state index is 4.40. The molecule has 0 bridgehead atoms. The first-order valence-electron chi connectivity index (χ1n) is 4.35. The van der Waals surface area contributed by atoms with E-state index >= 15 is 0 Å². The molecule has 66 valence electrons. The van der Waals surface area contributed by atoms with Crippen molar-refractivity contribution in [3.8, 4) is 0 Å². The van der Waals surface area contributed by atoms with Crippen LogP contribution in [0.15, 0.2) is 0 Å². The van der Waals surface area contributed by atoms with Crippen LogP contribution in [-0.4, -0.2) is 27.9 Å². The van der Waals surface area contributed by atoms with E-state index in [2.05, 4.69) is 15.4 Å². The summed E-state index contributed by atoms with van der Waals surface area (Å²) in [6.45, 7) is 4.09. The van der Waals surface area contributed by atoms with Crippen molar-refractivity contribution in [3.05, 3.63) is 11.6 Å². The number of nitrogens with zero attached hydrogens (tertiary/aromatic N) is 3. The average Bonchev–Trinajstić information content (AvgIpc) is 2.58. The zero-order valence-corrected chi connectivity index (χ0v) is 7.54. The molecule has 1 aromatic rings. The van der Waals surface area contributed by atoms with E-state index in [1.807, 2.05) is 18.7 Å². The summed E-state index contributed by atoms with van der Waals surface area (Å²) in [4.78, 5) is 4.40. The highest BCUT2D eigenvalue weighted by Gasteiger charge is 2.21. The van der Waals surface area contributed by atoms with Crippen LogP contribution in [0.25, 0.3) is 0 Å². The van der Waals surface area contributed by atoms with Crippen molar-refractivity contribution in [2.45, 2.75) is 19.3 Å². The SMILES string of the molecule is Cc1nc(C2CCNC2)n(C)n1. The zero-order chi connectivity index (χ0) is 8.55. The molecule has 2 rings (SSSR count). The van der Waals surface area contributed by atoms with E-state index in [-0.39, 0.29) is 0 Å². The molecule has 0 spiro atoms.